The van der Waals surface area contributed by atoms with Gasteiger partial charge in [-0.15, -0.1) is 6.58 Å². The Kier molecular flexibility index (Phi) is 10.6. The topological polar surface area (TPSA) is 71.1 Å². The first-order chi connectivity index (χ1) is 15.6. The van der Waals surface area contributed by atoms with E-state index < -0.39 is 5.91 Å². The van der Waals surface area contributed by atoms with Gasteiger partial charge in [-0.25, -0.2) is 0 Å². The molecule has 0 saturated carbocycles. The monoisotopic (exact) mass is 433 g/mol. The van der Waals surface area contributed by atoms with Gasteiger partial charge in [0, 0.05) is 12.1 Å². The molecule has 1 saturated heterocycles. The first-order valence-electron chi connectivity index (χ1n) is 10.6. The van der Waals surface area contributed by atoms with Crippen LogP contribution in [0.4, 0.5) is 0 Å². The Labute approximate surface area is 190 Å². The zero-order chi connectivity index (χ0) is 23.2. The molecule has 1 aromatic rings. The van der Waals surface area contributed by atoms with Crippen LogP contribution >= 0.6 is 0 Å². The Morgan fingerprint density at radius 2 is 2.06 bits per heavy atom. The Balaban J connectivity index is 2.20. The number of phenols is 1. The number of rotatable bonds is 13. The van der Waals surface area contributed by atoms with Gasteiger partial charge in [-0.1, -0.05) is 61.3 Å². The molecule has 1 aromatic carbocycles. The second-order valence-corrected chi connectivity index (χ2v) is 7.06. The van der Waals surface area contributed by atoms with Crippen LogP contribution in [0.3, 0.4) is 0 Å². The summed E-state index contributed by atoms with van der Waals surface area (Å²) in [6.45, 7) is 10.5. The fraction of sp³-hybridized carbons (Fsp3) is 0.222. The van der Waals surface area contributed by atoms with E-state index in [2.05, 4.69) is 18.5 Å². The molecule has 1 unspecified atom stereocenters. The molecule has 1 fully saturated rings. The van der Waals surface area contributed by atoms with Crippen LogP contribution in [0, 0.1) is 0 Å². The maximum absolute atomic E-state index is 12.9. The molecule has 0 aromatic heterocycles. The van der Waals surface area contributed by atoms with Crippen LogP contribution in [0.5, 0.6) is 11.5 Å². The quantitative estimate of drug-likeness (QED) is 0.185. The first-order valence-corrected chi connectivity index (χ1v) is 10.6. The Bertz CT molecular complexity index is 946. The van der Waals surface area contributed by atoms with Crippen molar-refractivity contribution in [3.63, 3.8) is 0 Å². The molecule has 1 atom stereocenters. The molecule has 2 rings (SSSR count). The summed E-state index contributed by atoms with van der Waals surface area (Å²) in [7, 11) is 0. The summed E-state index contributed by atoms with van der Waals surface area (Å²) in [6.07, 6.45) is 20.1. The molecule has 1 aliphatic heterocycles. The van der Waals surface area contributed by atoms with Gasteiger partial charge in [0.15, 0.2) is 0 Å². The third kappa shape index (κ3) is 9.06. The van der Waals surface area contributed by atoms with Gasteiger partial charge < -0.3 is 19.9 Å². The zero-order valence-electron chi connectivity index (χ0n) is 18.5. The molecule has 0 radical (unpaired) electrons. The molecule has 0 bridgehead atoms. The number of amides is 1. The second kappa shape index (κ2) is 13.7. The van der Waals surface area contributed by atoms with Crippen LogP contribution in [-0.2, 0) is 4.74 Å². The molecular formula is C27H31NO4. The highest BCUT2D eigenvalue weighted by Gasteiger charge is 2.25. The van der Waals surface area contributed by atoms with Crippen LogP contribution < -0.4 is 10.1 Å². The number of carbonyl (C=O) groups is 1. The van der Waals surface area contributed by atoms with E-state index in [0.717, 1.165) is 5.57 Å². The minimum Gasteiger partial charge on any atom is -0.507 e. The molecule has 0 spiro atoms. The van der Waals surface area contributed by atoms with E-state index in [-0.39, 0.29) is 17.4 Å². The number of allylic oxidation sites excluding steroid dienone is 10. The fourth-order valence-corrected chi connectivity index (χ4v) is 2.73. The predicted molar refractivity (Wildman–Crippen MR) is 130 cm³/mol. The summed E-state index contributed by atoms with van der Waals surface area (Å²) in [6, 6.07) is 4.61. The number of phenolic OH excluding ortho intramolecular Hbond substituents is 1. The van der Waals surface area contributed by atoms with Gasteiger partial charge in [-0.05, 0) is 43.2 Å². The molecule has 1 amide bonds. The number of aromatic hydroxyl groups is 1. The van der Waals surface area contributed by atoms with Crippen LogP contribution in [-0.4, -0.2) is 30.3 Å². The predicted octanol–water partition coefficient (Wildman–Crippen LogP) is 5.55. The molecule has 2 N–H and O–H groups in total. The van der Waals surface area contributed by atoms with Gasteiger partial charge in [-0.3, -0.25) is 4.79 Å². The van der Waals surface area contributed by atoms with E-state index in [1.54, 1.807) is 18.2 Å². The zero-order valence-corrected chi connectivity index (χ0v) is 18.5. The van der Waals surface area contributed by atoms with Crippen molar-refractivity contribution < 1.29 is 19.4 Å². The Morgan fingerprint density at radius 1 is 1.28 bits per heavy atom. The van der Waals surface area contributed by atoms with Crippen molar-refractivity contribution in [3.05, 3.63) is 109 Å². The van der Waals surface area contributed by atoms with Crippen molar-refractivity contribution in [2.45, 2.75) is 25.9 Å². The average molecular weight is 434 g/mol. The van der Waals surface area contributed by atoms with Gasteiger partial charge in [0.2, 0.25) is 0 Å². The van der Waals surface area contributed by atoms with Crippen LogP contribution in [0.1, 0.15) is 30.1 Å². The molecule has 1 aliphatic rings. The third-order valence-electron chi connectivity index (χ3n) is 4.39. The lowest BCUT2D eigenvalue weighted by Crippen LogP contribution is -2.24. The smallest absolute Gasteiger partial charge is 0.259 e. The van der Waals surface area contributed by atoms with E-state index in [4.69, 9.17) is 9.47 Å². The molecule has 5 nitrogen and oxygen atoms in total. The summed E-state index contributed by atoms with van der Waals surface area (Å²) < 4.78 is 10.9. The lowest BCUT2D eigenvalue weighted by atomic mass is 10.1. The van der Waals surface area contributed by atoms with Gasteiger partial charge >= 0.3 is 0 Å². The first kappa shape index (κ1) is 24.7. The summed E-state index contributed by atoms with van der Waals surface area (Å²) in [5, 5.41) is 13.1. The molecule has 32 heavy (non-hydrogen) atoms. The normalized spacial score (nSPS) is 16.6. The third-order valence-corrected chi connectivity index (χ3v) is 4.39. The number of hydrogen-bond donors (Lipinski definition) is 2. The summed E-state index contributed by atoms with van der Waals surface area (Å²) in [5.74, 6) is -0.0242. The number of hydrogen-bond acceptors (Lipinski definition) is 4. The van der Waals surface area contributed by atoms with Crippen LogP contribution in [0.25, 0.3) is 0 Å². The van der Waals surface area contributed by atoms with Crippen molar-refractivity contribution in [1.29, 1.82) is 0 Å². The number of nitrogens with one attached hydrogen (secondary N) is 1. The standard InChI is InChI=1S/C27H31NO4/c1-4-7-9-10-11-13-21(12-6-3)17-22(18-24-20-32-24)28-27(30)25-19-23(14-15-26(25)29)31-16-8-5-2/h4-7,9-15,17,19,24,29H,2-3,8,16,18,20H2,1H3,(H,28,30)/b7-4-,10-9-,13-11+,21-12-,22-17+. The Morgan fingerprint density at radius 3 is 2.75 bits per heavy atom. The number of carbonyl (C=O) groups excluding carboxylic acids is 1. The molecule has 168 valence electrons. The summed E-state index contributed by atoms with van der Waals surface area (Å²) in [5.41, 5.74) is 1.69. The van der Waals surface area contributed by atoms with Crippen molar-refractivity contribution >= 4 is 5.91 Å². The van der Waals surface area contributed by atoms with Crippen LogP contribution in [0.2, 0.25) is 0 Å². The SMILES string of the molecule is C=C/C=C(/C=C/C=C\C=C/C)\C=C(/CC1CO1)NC(=O)c1cc(OCCC=C)ccc1O. The van der Waals surface area contributed by atoms with Crippen molar-refractivity contribution in [2.24, 2.45) is 0 Å². The number of ether oxygens (including phenoxy) is 2. The lowest BCUT2D eigenvalue weighted by molar-refractivity contribution is 0.0961. The number of benzene rings is 1. The second-order valence-electron chi connectivity index (χ2n) is 7.06. The van der Waals surface area contributed by atoms with Crippen molar-refractivity contribution in [3.8, 4) is 11.5 Å². The van der Waals surface area contributed by atoms with Crippen molar-refractivity contribution in [2.75, 3.05) is 13.2 Å². The van der Waals surface area contributed by atoms with E-state index in [0.29, 0.717) is 37.5 Å². The van der Waals surface area contributed by atoms with Gasteiger partial charge in [0.25, 0.3) is 5.91 Å². The molecule has 0 aliphatic carbocycles. The Hall–Kier alpha value is -3.57. The minimum atomic E-state index is -0.418. The van der Waals surface area contributed by atoms with Gasteiger partial charge in [-0.2, -0.15) is 0 Å². The van der Waals surface area contributed by atoms with E-state index in [9.17, 15) is 9.90 Å². The highest BCUT2D eigenvalue weighted by molar-refractivity contribution is 5.98. The van der Waals surface area contributed by atoms with E-state index >= 15 is 0 Å². The van der Waals surface area contributed by atoms with Gasteiger partial charge in [0.1, 0.15) is 11.5 Å². The molecule has 1 heterocycles. The maximum atomic E-state index is 12.9. The minimum absolute atomic E-state index is 0.0762. The van der Waals surface area contributed by atoms with Gasteiger partial charge in [0.05, 0.1) is 24.9 Å². The average Bonchev–Trinajstić information content (AvgIpc) is 3.59. The van der Waals surface area contributed by atoms with Crippen molar-refractivity contribution in [1.82, 2.24) is 5.32 Å². The summed E-state index contributed by atoms with van der Waals surface area (Å²) in [4.78, 5) is 12.9. The van der Waals surface area contributed by atoms with Crippen LogP contribution in [0.15, 0.2) is 103 Å². The summed E-state index contributed by atoms with van der Waals surface area (Å²) >= 11 is 0. The van der Waals surface area contributed by atoms with E-state index in [1.807, 2.05) is 55.5 Å². The largest absolute Gasteiger partial charge is 0.507 e. The fourth-order valence-electron chi connectivity index (χ4n) is 2.73. The van der Waals surface area contributed by atoms with E-state index in [1.165, 1.54) is 12.1 Å². The highest BCUT2D eigenvalue weighted by Crippen LogP contribution is 2.25. The molecule has 5 heteroatoms. The number of epoxide rings is 1. The maximum Gasteiger partial charge on any atom is 0.259 e. The molecular weight excluding hydrogens is 402 g/mol. The lowest BCUT2D eigenvalue weighted by Gasteiger charge is -2.12. The highest BCUT2D eigenvalue weighted by atomic mass is 16.6.